The van der Waals surface area contributed by atoms with E-state index in [1.54, 1.807) is 18.2 Å². The van der Waals surface area contributed by atoms with E-state index >= 15 is 0 Å². The molecule has 3 aromatic carbocycles. The van der Waals surface area contributed by atoms with Crippen LogP contribution in [-0.4, -0.2) is 10.9 Å². The van der Waals surface area contributed by atoms with Crippen molar-refractivity contribution < 1.29 is 13.6 Å². The summed E-state index contributed by atoms with van der Waals surface area (Å²) in [7, 11) is 0. The van der Waals surface area contributed by atoms with Crippen molar-refractivity contribution in [2.24, 2.45) is 0 Å². The predicted octanol–water partition coefficient (Wildman–Crippen LogP) is 5.45. The van der Waals surface area contributed by atoms with Crippen molar-refractivity contribution in [2.45, 2.75) is 13.3 Å². The van der Waals surface area contributed by atoms with Gasteiger partial charge >= 0.3 is 0 Å². The number of benzene rings is 3. The number of halogens is 1. The molecule has 0 bridgehead atoms. The number of nitrogens with zero attached hydrogens (tertiary/aromatic N) is 1. The van der Waals surface area contributed by atoms with E-state index in [-0.39, 0.29) is 11.5 Å². The molecule has 0 spiro atoms. The summed E-state index contributed by atoms with van der Waals surface area (Å²) in [5.74, 6) is -0.341. The minimum atomic E-state index is -0.450. The number of aromatic nitrogens is 1. The lowest BCUT2D eigenvalue weighted by Gasteiger charge is -2.06. The molecule has 5 heteroatoms. The molecule has 0 radical (unpaired) electrons. The Morgan fingerprint density at radius 3 is 2.74 bits per heavy atom. The van der Waals surface area contributed by atoms with Gasteiger partial charge in [0.15, 0.2) is 5.58 Å². The molecule has 1 heterocycles. The Labute approximate surface area is 155 Å². The Morgan fingerprint density at radius 1 is 1.07 bits per heavy atom. The lowest BCUT2D eigenvalue weighted by atomic mass is 10.1. The molecule has 1 amide bonds. The van der Waals surface area contributed by atoms with Crippen LogP contribution in [0.1, 0.15) is 22.8 Å². The fourth-order valence-corrected chi connectivity index (χ4v) is 2.88. The lowest BCUT2D eigenvalue weighted by Crippen LogP contribution is -2.12. The molecular weight excluding hydrogens is 343 g/mol. The number of carbonyl (C=O) groups is 1. The average Bonchev–Trinajstić information content (AvgIpc) is 3.11. The summed E-state index contributed by atoms with van der Waals surface area (Å²) in [4.78, 5) is 16.9. The first kappa shape index (κ1) is 17.0. The molecule has 0 saturated heterocycles. The molecule has 1 N–H and O–H groups in total. The van der Waals surface area contributed by atoms with Gasteiger partial charge in [-0.3, -0.25) is 4.79 Å². The van der Waals surface area contributed by atoms with Crippen LogP contribution in [0.4, 0.5) is 10.1 Å². The van der Waals surface area contributed by atoms with Crippen LogP contribution in [-0.2, 0) is 6.42 Å². The SMILES string of the molecule is CCc1ccc2oc(-c3cccc(NC(=O)c4cccc(F)c4)c3)nc2c1. The second kappa shape index (κ2) is 7.03. The Hall–Kier alpha value is -3.47. The Balaban J connectivity index is 1.61. The molecule has 4 nitrogen and oxygen atoms in total. The number of carbonyl (C=O) groups excluding carboxylic acids is 1. The highest BCUT2D eigenvalue weighted by Gasteiger charge is 2.11. The summed E-state index contributed by atoms with van der Waals surface area (Å²) in [5.41, 5.74) is 4.31. The molecule has 0 aliphatic rings. The van der Waals surface area contributed by atoms with Gasteiger partial charge in [0.25, 0.3) is 5.91 Å². The molecule has 1 aromatic heterocycles. The van der Waals surface area contributed by atoms with Crippen molar-refractivity contribution >= 4 is 22.7 Å². The van der Waals surface area contributed by atoms with Gasteiger partial charge in [-0.15, -0.1) is 0 Å². The monoisotopic (exact) mass is 360 g/mol. The van der Waals surface area contributed by atoms with E-state index in [9.17, 15) is 9.18 Å². The zero-order valence-corrected chi connectivity index (χ0v) is 14.7. The van der Waals surface area contributed by atoms with Crippen LogP contribution in [0.15, 0.2) is 71.1 Å². The second-order valence-corrected chi connectivity index (χ2v) is 6.22. The Morgan fingerprint density at radius 2 is 1.93 bits per heavy atom. The normalized spacial score (nSPS) is 10.9. The summed E-state index contributed by atoms with van der Waals surface area (Å²) >= 11 is 0. The van der Waals surface area contributed by atoms with Crippen LogP contribution in [0, 0.1) is 5.82 Å². The molecule has 0 aliphatic heterocycles. The van der Waals surface area contributed by atoms with Crippen LogP contribution >= 0.6 is 0 Å². The number of fused-ring (bicyclic) bond motifs is 1. The maximum Gasteiger partial charge on any atom is 0.255 e. The predicted molar refractivity (Wildman–Crippen MR) is 103 cm³/mol. The summed E-state index contributed by atoms with van der Waals surface area (Å²) in [5, 5.41) is 2.77. The van der Waals surface area contributed by atoms with Crippen molar-refractivity contribution in [1.82, 2.24) is 4.98 Å². The van der Waals surface area contributed by atoms with Gasteiger partial charge in [-0.25, -0.2) is 9.37 Å². The standard InChI is InChI=1S/C22H17FN2O2/c1-2-14-9-10-20-19(11-14)25-22(27-20)16-6-4-8-18(13-16)24-21(26)15-5-3-7-17(23)12-15/h3-13H,2H2,1H3,(H,24,26). The van der Waals surface area contributed by atoms with Gasteiger partial charge in [0.1, 0.15) is 11.3 Å². The molecule has 0 atom stereocenters. The van der Waals surface area contributed by atoms with Crippen molar-refractivity contribution in [3.63, 3.8) is 0 Å². The van der Waals surface area contributed by atoms with Crippen LogP contribution in [0.25, 0.3) is 22.6 Å². The van der Waals surface area contributed by atoms with Gasteiger partial charge < -0.3 is 9.73 Å². The lowest BCUT2D eigenvalue weighted by molar-refractivity contribution is 0.102. The van der Waals surface area contributed by atoms with Crippen molar-refractivity contribution in [2.75, 3.05) is 5.32 Å². The van der Waals surface area contributed by atoms with E-state index in [4.69, 9.17) is 4.42 Å². The van der Waals surface area contributed by atoms with Crippen LogP contribution < -0.4 is 5.32 Å². The maximum absolute atomic E-state index is 13.3. The van der Waals surface area contributed by atoms with Gasteiger partial charge in [-0.05, 0) is 60.5 Å². The Bertz CT molecular complexity index is 1130. The summed E-state index contributed by atoms with van der Waals surface area (Å²) in [6.45, 7) is 2.09. The first-order chi connectivity index (χ1) is 13.1. The quantitative estimate of drug-likeness (QED) is 0.526. The second-order valence-electron chi connectivity index (χ2n) is 6.22. The van der Waals surface area contributed by atoms with Gasteiger partial charge in [0.05, 0.1) is 0 Å². The van der Waals surface area contributed by atoms with Gasteiger partial charge in [-0.2, -0.15) is 0 Å². The smallest absolute Gasteiger partial charge is 0.255 e. The Kier molecular flexibility index (Phi) is 4.42. The minimum Gasteiger partial charge on any atom is -0.436 e. The van der Waals surface area contributed by atoms with E-state index < -0.39 is 5.82 Å². The van der Waals surface area contributed by atoms with Gasteiger partial charge in [-0.1, -0.05) is 25.1 Å². The summed E-state index contributed by atoms with van der Waals surface area (Å²) < 4.78 is 19.1. The van der Waals surface area contributed by atoms with E-state index in [1.165, 1.54) is 23.8 Å². The molecule has 134 valence electrons. The number of amides is 1. The number of anilines is 1. The van der Waals surface area contributed by atoms with E-state index in [0.717, 1.165) is 23.1 Å². The number of hydrogen-bond donors (Lipinski definition) is 1. The van der Waals surface area contributed by atoms with E-state index in [2.05, 4.69) is 17.2 Å². The van der Waals surface area contributed by atoms with Crippen LogP contribution in [0.3, 0.4) is 0 Å². The number of oxazole rings is 1. The third-order valence-corrected chi connectivity index (χ3v) is 4.31. The van der Waals surface area contributed by atoms with Crippen molar-refractivity contribution in [1.29, 1.82) is 0 Å². The molecule has 27 heavy (non-hydrogen) atoms. The highest BCUT2D eigenvalue weighted by atomic mass is 19.1. The third kappa shape index (κ3) is 3.58. The number of nitrogens with one attached hydrogen (secondary N) is 1. The highest BCUT2D eigenvalue weighted by Crippen LogP contribution is 2.27. The molecule has 4 aromatic rings. The first-order valence-corrected chi connectivity index (χ1v) is 8.69. The molecule has 0 fully saturated rings. The average molecular weight is 360 g/mol. The molecule has 0 aliphatic carbocycles. The zero-order valence-electron chi connectivity index (χ0n) is 14.7. The number of hydrogen-bond acceptors (Lipinski definition) is 3. The highest BCUT2D eigenvalue weighted by molar-refractivity contribution is 6.04. The number of aryl methyl sites for hydroxylation is 1. The van der Waals surface area contributed by atoms with Gasteiger partial charge in [0.2, 0.25) is 5.89 Å². The number of rotatable bonds is 4. The third-order valence-electron chi connectivity index (χ3n) is 4.31. The largest absolute Gasteiger partial charge is 0.436 e. The molecular formula is C22H17FN2O2. The van der Waals surface area contributed by atoms with E-state index in [1.807, 2.05) is 30.3 Å². The van der Waals surface area contributed by atoms with Crippen molar-refractivity contribution in [3.8, 4) is 11.5 Å². The minimum absolute atomic E-state index is 0.259. The summed E-state index contributed by atoms with van der Waals surface area (Å²) in [6.07, 6.45) is 0.930. The topological polar surface area (TPSA) is 55.1 Å². The summed E-state index contributed by atoms with van der Waals surface area (Å²) in [6, 6.07) is 18.7. The fourth-order valence-electron chi connectivity index (χ4n) is 2.88. The van der Waals surface area contributed by atoms with Gasteiger partial charge in [0, 0.05) is 16.8 Å². The molecule has 0 saturated carbocycles. The van der Waals surface area contributed by atoms with Crippen molar-refractivity contribution in [3.05, 3.63) is 83.7 Å². The van der Waals surface area contributed by atoms with Crippen LogP contribution in [0.2, 0.25) is 0 Å². The first-order valence-electron chi connectivity index (χ1n) is 8.69. The molecule has 4 rings (SSSR count). The zero-order chi connectivity index (χ0) is 18.8. The molecule has 0 unspecified atom stereocenters. The fraction of sp³-hybridized carbons (Fsp3) is 0.0909. The maximum atomic E-state index is 13.3. The van der Waals surface area contributed by atoms with Crippen LogP contribution in [0.5, 0.6) is 0 Å². The van der Waals surface area contributed by atoms with E-state index in [0.29, 0.717) is 11.6 Å².